The Labute approximate surface area is 123 Å². The first-order chi connectivity index (χ1) is 9.85. The molecule has 6 nitrogen and oxygen atoms in total. The van der Waals surface area contributed by atoms with E-state index in [1.165, 1.54) is 0 Å². The van der Waals surface area contributed by atoms with E-state index >= 15 is 0 Å². The van der Waals surface area contributed by atoms with Gasteiger partial charge in [-0.05, 0) is 26.0 Å². The second-order valence-electron chi connectivity index (χ2n) is 4.89. The molecule has 0 fully saturated rings. The van der Waals surface area contributed by atoms with E-state index in [2.05, 4.69) is 4.74 Å². The van der Waals surface area contributed by atoms with Crippen LogP contribution in [-0.2, 0) is 23.8 Å². The molecule has 1 aromatic rings. The van der Waals surface area contributed by atoms with Gasteiger partial charge in [-0.1, -0.05) is 18.2 Å². The summed E-state index contributed by atoms with van der Waals surface area (Å²) in [7, 11) is 1.10. The average Bonchev–Trinajstić information content (AvgIpc) is 2.46. The van der Waals surface area contributed by atoms with Crippen LogP contribution in [0.5, 0.6) is 0 Å². The predicted molar refractivity (Wildman–Crippen MR) is 73.5 cm³/mol. The molecule has 0 aliphatic heterocycles. The summed E-state index contributed by atoms with van der Waals surface area (Å²) in [5.74, 6) is -2.59. The Hall–Kier alpha value is -2.37. The van der Waals surface area contributed by atoms with Crippen molar-refractivity contribution in [1.82, 2.24) is 0 Å². The zero-order valence-electron chi connectivity index (χ0n) is 12.3. The molecule has 0 heterocycles. The minimum atomic E-state index is -1.07. The summed E-state index contributed by atoms with van der Waals surface area (Å²) >= 11 is 0. The molecule has 0 saturated carbocycles. The zero-order chi connectivity index (χ0) is 15.9. The topological polar surface area (TPSA) is 78.9 Å². The van der Waals surface area contributed by atoms with Gasteiger partial charge >= 0.3 is 17.9 Å². The van der Waals surface area contributed by atoms with Gasteiger partial charge < -0.3 is 14.2 Å². The first-order valence-corrected chi connectivity index (χ1v) is 6.39. The van der Waals surface area contributed by atoms with Crippen molar-refractivity contribution in [3.05, 3.63) is 35.9 Å². The fourth-order valence-electron chi connectivity index (χ4n) is 1.47. The molecule has 1 rings (SSSR count). The molecule has 0 N–H and O–H groups in total. The van der Waals surface area contributed by atoms with E-state index < -0.39 is 23.5 Å². The van der Waals surface area contributed by atoms with E-state index in [0.717, 1.165) is 7.11 Å². The number of benzene rings is 1. The minimum absolute atomic E-state index is 0.0647. The van der Waals surface area contributed by atoms with Gasteiger partial charge in [-0.2, -0.15) is 0 Å². The van der Waals surface area contributed by atoms with Crippen LogP contribution < -0.4 is 0 Å². The molecular formula is C15H18O6. The second-order valence-corrected chi connectivity index (χ2v) is 4.89. The summed E-state index contributed by atoms with van der Waals surface area (Å²) in [6, 6.07) is 8.55. The van der Waals surface area contributed by atoms with E-state index in [-0.39, 0.29) is 13.0 Å². The largest absolute Gasteiger partial charge is 0.462 e. The van der Waals surface area contributed by atoms with Crippen LogP contribution in [-0.4, -0.2) is 37.2 Å². The van der Waals surface area contributed by atoms with E-state index in [9.17, 15) is 14.4 Å². The smallest absolute Gasteiger partial charge is 0.417 e. The van der Waals surface area contributed by atoms with Crippen LogP contribution >= 0.6 is 0 Å². The highest BCUT2D eigenvalue weighted by molar-refractivity contribution is 6.29. The monoisotopic (exact) mass is 294 g/mol. The molecule has 0 bridgehead atoms. The molecule has 0 aliphatic rings. The number of methoxy groups -OCH3 is 1. The van der Waals surface area contributed by atoms with Crippen LogP contribution in [0.3, 0.4) is 0 Å². The van der Waals surface area contributed by atoms with Crippen LogP contribution in [0.15, 0.2) is 30.3 Å². The lowest BCUT2D eigenvalue weighted by atomic mass is 10.1. The van der Waals surface area contributed by atoms with Gasteiger partial charge in [0.25, 0.3) is 0 Å². The minimum Gasteiger partial charge on any atom is -0.462 e. The lowest BCUT2D eigenvalue weighted by molar-refractivity contribution is -0.174. The molecule has 1 aromatic carbocycles. The third kappa shape index (κ3) is 5.64. The van der Waals surface area contributed by atoms with Crippen LogP contribution in [0.4, 0.5) is 0 Å². The van der Waals surface area contributed by atoms with Crippen molar-refractivity contribution < 1.29 is 28.6 Å². The highest BCUT2D eigenvalue weighted by Crippen LogP contribution is 2.15. The summed E-state index contributed by atoms with van der Waals surface area (Å²) in [6.45, 7) is 3.30. The molecule has 0 atom stereocenters. The highest BCUT2D eigenvalue weighted by atomic mass is 16.6. The van der Waals surface area contributed by atoms with Crippen molar-refractivity contribution in [2.24, 2.45) is 0 Å². The third-order valence-corrected chi connectivity index (χ3v) is 2.67. The van der Waals surface area contributed by atoms with Crippen LogP contribution in [0.25, 0.3) is 0 Å². The van der Waals surface area contributed by atoms with Crippen molar-refractivity contribution in [2.75, 3.05) is 13.7 Å². The van der Waals surface area contributed by atoms with Crippen molar-refractivity contribution in [3.63, 3.8) is 0 Å². The van der Waals surface area contributed by atoms with Crippen molar-refractivity contribution >= 4 is 17.9 Å². The van der Waals surface area contributed by atoms with Gasteiger partial charge in [-0.25, -0.2) is 14.4 Å². The van der Waals surface area contributed by atoms with E-state index in [0.29, 0.717) is 5.56 Å². The Morgan fingerprint density at radius 2 is 1.67 bits per heavy atom. The van der Waals surface area contributed by atoms with Gasteiger partial charge in [0.05, 0.1) is 19.3 Å². The number of rotatable bonds is 5. The Morgan fingerprint density at radius 3 is 2.24 bits per heavy atom. The Balaban J connectivity index is 2.42. The van der Waals surface area contributed by atoms with Crippen LogP contribution in [0, 0.1) is 0 Å². The molecule has 21 heavy (non-hydrogen) atoms. The number of hydrogen-bond donors (Lipinski definition) is 0. The lowest BCUT2D eigenvalue weighted by Crippen LogP contribution is -2.33. The van der Waals surface area contributed by atoms with Gasteiger partial charge in [0.15, 0.2) is 0 Å². The standard InChI is InChI=1S/C15H18O6/c1-15(2,21-14(18)13(17)19-3)9-10-20-12(16)11-7-5-4-6-8-11/h4-8H,9-10H2,1-3H3. The molecule has 114 valence electrons. The van der Waals surface area contributed by atoms with Gasteiger partial charge in [0.1, 0.15) is 5.60 Å². The quantitative estimate of drug-likeness (QED) is 0.467. The molecular weight excluding hydrogens is 276 g/mol. The molecule has 0 aromatic heterocycles. The van der Waals surface area contributed by atoms with E-state index in [1.807, 2.05) is 0 Å². The number of carbonyl (C=O) groups is 3. The summed E-state index contributed by atoms with van der Waals surface area (Å²) in [5.41, 5.74) is -0.496. The second kappa shape index (κ2) is 7.42. The fourth-order valence-corrected chi connectivity index (χ4v) is 1.47. The first-order valence-electron chi connectivity index (χ1n) is 6.39. The zero-order valence-corrected chi connectivity index (χ0v) is 12.3. The van der Waals surface area contributed by atoms with Crippen LogP contribution in [0.1, 0.15) is 30.6 Å². The van der Waals surface area contributed by atoms with Gasteiger partial charge in [-0.15, -0.1) is 0 Å². The first kappa shape index (κ1) is 16.7. The SMILES string of the molecule is COC(=O)C(=O)OC(C)(C)CCOC(=O)c1ccccc1. The Morgan fingerprint density at radius 1 is 1.05 bits per heavy atom. The van der Waals surface area contributed by atoms with Crippen molar-refractivity contribution in [2.45, 2.75) is 25.9 Å². The maximum Gasteiger partial charge on any atom is 0.417 e. The summed E-state index contributed by atoms with van der Waals surface area (Å²) in [4.78, 5) is 34.0. The number of hydrogen-bond acceptors (Lipinski definition) is 6. The van der Waals surface area contributed by atoms with Gasteiger partial charge in [0.2, 0.25) is 0 Å². The average molecular weight is 294 g/mol. The third-order valence-electron chi connectivity index (χ3n) is 2.67. The van der Waals surface area contributed by atoms with Gasteiger partial charge in [-0.3, -0.25) is 0 Å². The van der Waals surface area contributed by atoms with Crippen molar-refractivity contribution in [3.8, 4) is 0 Å². The summed E-state index contributed by atoms with van der Waals surface area (Å²) < 4.78 is 14.3. The number of carbonyl (C=O) groups excluding carboxylic acids is 3. The van der Waals surface area contributed by atoms with Gasteiger partial charge in [0, 0.05) is 6.42 Å². The van der Waals surface area contributed by atoms with Crippen LogP contribution in [0.2, 0.25) is 0 Å². The molecule has 0 aliphatic carbocycles. The molecule has 0 amide bonds. The normalized spacial score (nSPS) is 10.6. The number of ether oxygens (including phenoxy) is 3. The highest BCUT2D eigenvalue weighted by Gasteiger charge is 2.27. The predicted octanol–water partition coefficient (Wildman–Crippen LogP) is 1.73. The Kier molecular flexibility index (Phi) is 5.90. The lowest BCUT2D eigenvalue weighted by Gasteiger charge is -2.24. The Bertz CT molecular complexity index is 506. The summed E-state index contributed by atoms with van der Waals surface area (Å²) in [5, 5.41) is 0. The molecule has 0 unspecified atom stereocenters. The van der Waals surface area contributed by atoms with Crippen molar-refractivity contribution in [1.29, 1.82) is 0 Å². The summed E-state index contributed by atoms with van der Waals surface area (Å²) in [6.07, 6.45) is 0.258. The molecule has 6 heteroatoms. The molecule has 0 saturated heterocycles. The maximum absolute atomic E-state index is 11.7. The molecule has 0 radical (unpaired) electrons. The fraction of sp³-hybridized carbons (Fsp3) is 0.400. The van der Waals surface area contributed by atoms with E-state index in [1.54, 1.807) is 44.2 Å². The number of esters is 3. The maximum atomic E-state index is 11.7. The van der Waals surface area contributed by atoms with E-state index in [4.69, 9.17) is 9.47 Å². The molecule has 0 spiro atoms.